The summed E-state index contributed by atoms with van der Waals surface area (Å²) in [6.07, 6.45) is 6.66. The fourth-order valence-corrected chi connectivity index (χ4v) is 11.5. The first-order valence-electron chi connectivity index (χ1n) is 14.5. The van der Waals surface area contributed by atoms with Crippen LogP contribution < -0.4 is 9.47 Å². The summed E-state index contributed by atoms with van der Waals surface area (Å²) >= 11 is 0. The van der Waals surface area contributed by atoms with Crippen molar-refractivity contribution in [1.82, 2.24) is 0 Å². The topological polar surface area (TPSA) is 18.5 Å². The molecule has 0 unspecified atom stereocenters. The molecule has 0 atom stereocenters. The molecule has 2 aromatic rings. The molecule has 0 heterocycles. The van der Waals surface area contributed by atoms with E-state index in [0.29, 0.717) is 20.6 Å². The second-order valence-corrected chi connectivity index (χ2v) is 21.7. The Hall–Kier alpha value is -0.958. The average molecular weight is 691 g/mol. The Labute approximate surface area is 270 Å². The van der Waals surface area contributed by atoms with Gasteiger partial charge in [0, 0.05) is 20.4 Å². The van der Waals surface area contributed by atoms with E-state index in [4.69, 9.17) is 9.47 Å². The van der Waals surface area contributed by atoms with Gasteiger partial charge in [-0.1, -0.05) is 147 Å². The van der Waals surface area contributed by atoms with E-state index in [0.717, 1.165) is 24.3 Å². The standard InChI is InChI=1S/2C18H29OP.Pd/c2*1-17(2,3)20(18(4,5)6)14-8-9-15-10-12-16(19-7)13-11-15;/h2*8,10-14H,9H2,1-7H3;. The number of rotatable bonds is 8. The molecule has 0 amide bonds. The number of allylic oxidation sites excluding steroid dienone is 2. The zero-order chi connectivity index (χ0) is 30.8. The molecule has 2 aromatic carbocycles. The summed E-state index contributed by atoms with van der Waals surface area (Å²) in [6.45, 7) is 28.2. The van der Waals surface area contributed by atoms with Crippen LogP contribution in [0.1, 0.15) is 94.2 Å². The molecule has 2 nitrogen and oxygen atoms in total. The van der Waals surface area contributed by atoms with Crippen LogP contribution in [0.25, 0.3) is 0 Å². The molecule has 41 heavy (non-hydrogen) atoms. The Morgan fingerprint density at radius 1 is 0.488 bits per heavy atom. The van der Waals surface area contributed by atoms with Crippen LogP contribution >= 0.6 is 15.8 Å². The smallest absolute Gasteiger partial charge is 0.118 e. The van der Waals surface area contributed by atoms with Gasteiger partial charge in [0.05, 0.1) is 14.2 Å². The van der Waals surface area contributed by atoms with Crippen molar-refractivity contribution >= 4 is 15.8 Å². The van der Waals surface area contributed by atoms with Crippen LogP contribution in [-0.2, 0) is 33.3 Å². The molecule has 0 bridgehead atoms. The summed E-state index contributed by atoms with van der Waals surface area (Å²) in [7, 11) is 3.10. The Kier molecular flexibility index (Phi) is 17.0. The van der Waals surface area contributed by atoms with E-state index < -0.39 is 0 Å². The molecule has 0 saturated heterocycles. The van der Waals surface area contributed by atoms with Gasteiger partial charge in [0.25, 0.3) is 0 Å². The average Bonchev–Trinajstić information content (AvgIpc) is 2.82. The monoisotopic (exact) mass is 690 g/mol. The normalized spacial score (nSPS) is 12.9. The summed E-state index contributed by atoms with van der Waals surface area (Å²) in [4.78, 5) is 0. The van der Waals surface area contributed by atoms with Crippen molar-refractivity contribution < 1.29 is 29.9 Å². The van der Waals surface area contributed by atoms with Crippen molar-refractivity contribution in [3.63, 3.8) is 0 Å². The van der Waals surface area contributed by atoms with Crippen molar-refractivity contribution in [2.24, 2.45) is 0 Å². The fourth-order valence-electron chi connectivity index (χ4n) is 5.02. The maximum atomic E-state index is 5.19. The van der Waals surface area contributed by atoms with Gasteiger partial charge in [-0.05, 0) is 68.9 Å². The Balaban J connectivity index is 0.000000762. The van der Waals surface area contributed by atoms with Gasteiger partial charge < -0.3 is 9.47 Å². The van der Waals surface area contributed by atoms with Gasteiger partial charge in [-0.15, -0.1) is 0 Å². The second kappa shape index (κ2) is 17.4. The van der Waals surface area contributed by atoms with Crippen molar-refractivity contribution in [2.45, 2.75) is 117 Å². The first kappa shape index (κ1) is 40.0. The van der Waals surface area contributed by atoms with Crippen LogP contribution in [0.4, 0.5) is 0 Å². The molecular formula is C36H58O2P2Pd. The molecule has 0 fully saturated rings. The van der Waals surface area contributed by atoms with Crippen molar-refractivity contribution in [3.05, 3.63) is 83.4 Å². The number of hydrogen-bond acceptors (Lipinski definition) is 2. The molecule has 2 rings (SSSR count). The van der Waals surface area contributed by atoms with Crippen LogP contribution in [0, 0.1) is 0 Å². The van der Waals surface area contributed by atoms with Gasteiger partial charge in [-0.25, -0.2) is 0 Å². The maximum Gasteiger partial charge on any atom is 0.118 e. The van der Waals surface area contributed by atoms with E-state index in [1.165, 1.54) is 11.1 Å². The van der Waals surface area contributed by atoms with Crippen molar-refractivity contribution in [3.8, 4) is 11.5 Å². The van der Waals surface area contributed by atoms with Crippen molar-refractivity contribution in [2.75, 3.05) is 14.2 Å². The number of hydrogen-bond donors (Lipinski definition) is 0. The number of benzene rings is 2. The number of methoxy groups -OCH3 is 2. The third-order valence-corrected chi connectivity index (χ3v) is 13.2. The molecule has 0 aliphatic heterocycles. The quantitative estimate of drug-likeness (QED) is 0.203. The molecule has 0 spiro atoms. The molecule has 0 aliphatic carbocycles. The third-order valence-electron chi connectivity index (χ3n) is 6.43. The summed E-state index contributed by atoms with van der Waals surface area (Å²) in [5.74, 6) is 6.76. The van der Waals surface area contributed by atoms with Crippen LogP contribution in [0.5, 0.6) is 11.5 Å². The van der Waals surface area contributed by atoms with Gasteiger partial charge >= 0.3 is 0 Å². The maximum absolute atomic E-state index is 5.19. The molecule has 234 valence electrons. The minimum absolute atomic E-state index is 0. The molecule has 0 saturated carbocycles. The first-order chi connectivity index (χ1) is 18.3. The predicted molar refractivity (Wildman–Crippen MR) is 185 cm³/mol. The van der Waals surface area contributed by atoms with Gasteiger partial charge in [0.1, 0.15) is 11.5 Å². The van der Waals surface area contributed by atoms with E-state index in [1.807, 2.05) is 24.3 Å². The van der Waals surface area contributed by atoms with Gasteiger partial charge in [0.15, 0.2) is 0 Å². The molecule has 0 N–H and O–H groups in total. The minimum atomic E-state index is -0.154. The van der Waals surface area contributed by atoms with Gasteiger partial charge in [-0.2, -0.15) is 0 Å². The molecular weight excluding hydrogens is 633 g/mol. The summed E-state index contributed by atoms with van der Waals surface area (Å²) in [6, 6.07) is 16.7. The van der Waals surface area contributed by atoms with Crippen LogP contribution in [-0.4, -0.2) is 34.8 Å². The summed E-state index contributed by atoms with van der Waals surface area (Å²) in [5, 5.41) is 1.40. The van der Waals surface area contributed by atoms with E-state index in [9.17, 15) is 0 Å². The van der Waals surface area contributed by atoms with Crippen LogP contribution in [0.3, 0.4) is 0 Å². The van der Waals surface area contributed by atoms with E-state index >= 15 is 0 Å². The largest absolute Gasteiger partial charge is 0.497 e. The summed E-state index contributed by atoms with van der Waals surface area (Å²) in [5.41, 5.74) is 2.67. The van der Waals surface area contributed by atoms with E-state index in [-0.39, 0.29) is 36.3 Å². The van der Waals surface area contributed by atoms with Gasteiger partial charge in [-0.3, -0.25) is 0 Å². The Morgan fingerprint density at radius 2 is 0.732 bits per heavy atom. The molecule has 5 heteroatoms. The Morgan fingerprint density at radius 3 is 0.927 bits per heavy atom. The molecule has 0 radical (unpaired) electrons. The van der Waals surface area contributed by atoms with Gasteiger partial charge in [0.2, 0.25) is 0 Å². The van der Waals surface area contributed by atoms with Crippen molar-refractivity contribution in [1.29, 1.82) is 0 Å². The zero-order valence-electron chi connectivity index (χ0n) is 28.4. The Bertz CT molecular complexity index is 930. The SMILES string of the molecule is COc1ccc(CC=CP(C(C)(C)C)C(C)(C)C)cc1.COc1ccc(CC=CP(C(C)(C)C)C(C)(C)C)cc1.[Pd]. The first-order valence-corrected chi connectivity index (χ1v) is 17.3. The van der Waals surface area contributed by atoms with Crippen LogP contribution in [0.2, 0.25) is 0 Å². The third kappa shape index (κ3) is 15.4. The summed E-state index contributed by atoms with van der Waals surface area (Å²) < 4.78 is 10.4. The number of ether oxygens (including phenoxy) is 2. The van der Waals surface area contributed by atoms with E-state index in [2.05, 4.69) is 131 Å². The molecule has 0 aromatic heterocycles. The predicted octanol–water partition coefficient (Wildman–Crippen LogP) is 11.7. The minimum Gasteiger partial charge on any atom is -0.497 e. The molecule has 0 aliphatic rings. The van der Waals surface area contributed by atoms with Crippen LogP contribution in [0.15, 0.2) is 72.3 Å². The zero-order valence-corrected chi connectivity index (χ0v) is 31.7. The van der Waals surface area contributed by atoms with E-state index in [1.54, 1.807) is 14.2 Å². The fraction of sp³-hybridized carbons (Fsp3) is 0.556. The second-order valence-electron chi connectivity index (χ2n) is 14.3.